The number of carbonyl (C=O) groups excluding carboxylic acids is 1. The average Bonchev–Trinajstić information content (AvgIpc) is 2.67. The number of hydrogen-bond acceptors (Lipinski definition) is 2. The first-order valence-corrected chi connectivity index (χ1v) is 6.68. The molecule has 8 heteroatoms. The van der Waals surface area contributed by atoms with Gasteiger partial charge in [-0.25, -0.2) is 0 Å². The molecule has 112 valence electrons. The fraction of sp³-hybridized carbons (Fsp3) is 0.231. The third kappa shape index (κ3) is 3.44. The smallest absolute Gasteiger partial charge is 0.322 e. The van der Waals surface area contributed by atoms with Gasteiger partial charge in [-0.05, 0) is 32.0 Å². The Morgan fingerprint density at radius 2 is 1.95 bits per heavy atom. The van der Waals surface area contributed by atoms with Crippen LogP contribution in [0.2, 0.25) is 0 Å². The van der Waals surface area contributed by atoms with Gasteiger partial charge in [-0.1, -0.05) is 15.9 Å². The van der Waals surface area contributed by atoms with Crippen molar-refractivity contribution in [2.75, 3.05) is 5.32 Å². The Bertz CT molecular complexity index is 675. The first kappa shape index (κ1) is 15.6. The molecular formula is C13H11BrF3N3O. The predicted molar refractivity (Wildman–Crippen MR) is 75.2 cm³/mol. The second-order valence-electron chi connectivity index (χ2n) is 4.49. The summed E-state index contributed by atoms with van der Waals surface area (Å²) in [6.45, 7) is 3.30. The van der Waals surface area contributed by atoms with Crippen molar-refractivity contribution in [2.24, 2.45) is 0 Å². The molecule has 0 aliphatic carbocycles. The maximum absolute atomic E-state index is 12.7. The van der Waals surface area contributed by atoms with Gasteiger partial charge in [0.1, 0.15) is 0 Å². The van der Waals surface area contributed by atoms with E-state index in [0.29, 0.717) is 17.0 Å². The van der Waals surface area contributed by atoms with Crippen LogP contribution in [0.5, 0.6) is 0 Å². The van der Waals surface area contributed by atoms with Gasteiger partial charge in [0.05, 0.1) is 16.8 Å². The molecule has 1 aromatic heterocycles. The minimum absolute atomic E-state index is 0.0571. The molecule has 0 unspecified atom stereocenters. The molecule has 0 aliphatic heterocycles. The van der Waals surface area contributed by atoms with Crippen molar-refractivity contribution in [3.8, 4) is 0 Å². The van der Waals surface area contributed by atoms with Gasteiger partial charge in [0.15, 0.2) is 0 Å². The quantitative estimate of drug-likeness (QED) is 0.847. The van der Waals surface area contributed by atoms with E-state index < -0.39 is 17.6 Å². The summed E-state index contributed by atoms with van der Waals surface area (Å²) in [7, 11) is 0. The van der Waals surface area contributed by atoms with Crippen LogP contribution < -0.4 is 5.32 Å². The SMILES string of the molecule is Cc1n[nH]c(C)c1C(=O)Nc1cc(Br)cc(C(F)(F)F)c1. The summed E-state index contributed by atoms with van der Waals surface area (Å²) in [6, 6.07) is 3.23. The van der Waals surface area contributed by atoms with E-state index in [1.165, 1.54) is 6.07 Å². The van der Waals surface area contributed by atoms with Gasteiger partial charge in [0.25, 0.3) is 5.91 Å². The lowest BCUT2D eigenvalue weighted by Crippen LogP contribution is -2.15. The molecule has 2 rings (SSSR count). The average molecular weight is 362 g/mol. The number of halogens is 4. The fourth-order valence-electron chi connectivity index (χ4n) is 1.90. The molecule has 2 aromatic rings. The number of aromatic nitrogens is 2. The number of amides is 1. The van der Waals surface area contributed by atoms with Crippen LogP contribution in [-0.2, 0) is 6.18 Å². The van der Waals surface area contributed by atoms with Crippen molar-refractivity contribution in [1.82, 2.24) is 10.2 Å². The monoisotopic (exact) mass is 361 g/mol. The molecule has 2 N–H and O–H groups in total. The Kier molecular flexibility index (Phi) is 4.08. The third-order valence-electron chi connectivity index (χ3n) is 2.84. The third-order valence-corrected chi connectivity index (χ3v) is 3.30. The topological polar surface area (TPSA) is 57.8 Å². The first-order chi connectivity index (χ1) is 9.68. The maximum Gasteiger partial charge on any atom is 0.416 e. The van der Waals surface area contributed by atoms with Crippen molar-refractivity contribution in [1.29, 1.82) is 0 Å². The van der Waals surface area contributed by atoms with Gasteiger partial charge < -0.3 is 5.32 Å². The lowest BCUT2D eigenvalue weighted by Gasteiger charge is -2.11. The number of nitrogens with zero attached hydrogens (tertiary/aromatic N) is 1. The molecule has 0 saturated heterocycles. The number of alkyl halides is 3. The summed E-state index contributed by atoms with van der Waals surface area (Å²) in [6.07, 6.45) is -4.48. The molecule has 0 radical (unpaired) electrons. The summed E-state index contributed by atoms with van der Waals surface area (Å²) in [5.74, 6) is -0.509. The molecule has 0 aliphatic rings. The van der Waals surface area contributed by atoms with Crippen LogP contribution in [0.3, 0.4) is 0 Å². The molecule has 1 amide bonds. The molecule has 1 heterocycles. The zero-order chi connectivity index (χ0) is 15.8. The van der Waals surface area contributed by atoms with E-state index in [0.717, 1.165) is 12.1 Å². The Balaban J connectivity index is 2.32. The molecule has 0 atom stereocenters. The molecule has 21 heavy (non-hydrogen) atoms. The summed E-state index contributed by atoms with van der Waals surface area (Å²) in [4.78, 5) is 12.1. The lowest BCUT2D eigenvalue weighted by atomic mass is 10.1. The van der Waals surface area contributed by atoms with Gasteiger partial charge in [-0.15, -0.1) is 0 Å². The number of carbonyl (C=O) groups is 1. The van der Waals surface area contributed by atoms with Crippen LogP contribution in [0, 0.1) is 13.8 Å². The van der Waals surface area contributed by atoms with Crippen molar-refractivity contribution in [3.63, 3.8) is 0 Å². The van der Waals surface area contributed by atoms with E-state index in [-0.39, 0.29) is 10.2 Å². The molecule has 0 fully saturated rings. The number of aromatic amines is 1. The number of aryl methyl sites for hydroxylation is 2. The highest BCUT2D eigenvalue weighted by Gasteiger charge is 2.31. The van der Waals surface area contributed by atoms with Gasteiger partial charge in [-0.3, -0.25) is 9.89 Å². The van der Waals surface area contributed by atoms with E-state index >= 15 is 0 Å². The van der Waals surface area contributed by atoms with Gasteiger partial charge in [0, 0.05) is 15.9 Å². The van der Waals surface area contributed by atoms with Crippen LogP contribution in [0.4, 0.5) is 18.9 Å². The van der Waals surface area contributed by atoms with Crippen LogP contribution in [0.25, 0.3) is 0 Å². The Hall–Kier alpha value is -1.83. The van der Waals surface area contributed by atoms with E-state index in [4.69, 9.17) is 0 Å². The summed E-state index contributed by atoms with van der Waals surface area (Å²) >= 11 is 3.00. The van der Waals surface area contributed by atoms with E-state index in [1.807, 2.05) is 0 Å². The molecule has 1 aromatic carbocycles. The maximum atomic E-state index is 12.7. The predicted octanol–water partition coefficient (Wildman–Crippen LogP) is 4.06. The second-order valence-corrected chi connectivity index (χ2v) is 5.41. The van der Waals surface area contributed by atoms with Crippen LogP contribution in [-0.4, -0.2) is 16.1 Å². The second kappa shape index (κ2) is 5.51. The standard InChI is InChI=1S/C13H11BrF3N3O/c1-6-11(7(2)20-19-6)12(21)18-10-4-8(13(15,16)17)3-9(14)5-10/h3-5H,1-2H3,(H,18,21)(H,19,20). The normalized spacial score (nSPS) is 11.5. The van der Waals surface area contributed by atoms with Crippen LogP contribution in [0.15, 0.2) is 22.7 Å². The van der Waals surface area contributed by atoms with E-state index in [9.17, 15) is 18.0 Å². The zero-order valence-corrected chi connectivity index (χ0v) is 12.7. The summed E-state index contributed by atoms with van der Waals surface area (Å²) in [5.41, 5.74) is 0.574. The molecule has 4 nitrogen and oxygen atoms in total. The highest BCUT2D eigenvalue weighted by atomic mass is 79.9. The van der Waals surface area contributed by atoms with Crippen molar-refractivity contribution >= 4 is 27.5 Å². The molecular weight excluding hydrogens is 351 g/mol. The number of nitrogens with one attached hydrogen (secondary N) is 2. The Morgan fingerprint density at radius 1 is 1.29 bits per heavy atom. The highest BCUT2D eigenvalue weighted by Crippen LogP contribution is 2.33. The van der Waals surface area contributed by atoms with Crippen molar-refractivity contribution in [3.05, 3.63) is 45.2 Å². The van der Waals surface area contributed by atoms with Crippen molar-refractivity contribution in [2.45, 2.75) is 20.0 Å². The molecule has 0 saturated carbocycles. The summed E-state index contributed by atoms with van der Waals surface area (Å²) in [5, 5.41) is 8.98. The first-order valence-electron chi connectivity index (χ1n) is 5.89. The minimum atomic E-state index is -4.48. The number of benzene rings is 1. The number of rotatable bonds is 2. The summed E-state index contributed by atoms with van der Waals surface area (Å²) < 4.78 is 38.4. The number of H-pyrrole nitrogens is 1. The van der Waals surface area contributed by atoms with Gasteiger partial charge in [-0.2, -0.15) is 18.3 Å². The van der Waals surface area contributed by atoms with Crippen LogP contribution >= 0.6 is 15.9 Å². The zero-order valence-electron chi connectivity index (χ0n) is 11.1. The van der Waals surface area contributed by atoms with Crippen LogP contribution in [0.1, 0.15) is 27.3 Å². The fourth-order valence-corrected chi connectivity index (χ4v) is 2.40. The van der Waals surface area contributed by atoms with Crippen molar-refractivity contribution < 1.29 is 18.0 Å². The van der Waals surface area contributed by atoms with Gasteiger partial charge >= 0.3 is 6.18 Å². The highest BCUT2D eigenvalue weighted by molar-refractivity contribution is 9.10. The number of hydrogen-bond donors (Lipinski definition) is 2. The van der Waals surface area contributed by atoms with E-state index in [1.54, 1.807) is 13.8 Å². The Labute approximate surface area is 126 Å². The lowest BCUT2D eigenvalue weighted by molar-refractivity contribution is -0.137. The Morgan fingerprint density at radius 3 is 2.48 bits per heavy atom. The number of anilines is 1. The van der Waals surface area contributed by atoms with E-state index in [2.05, 4.69) is 31.4 Å². The minimum Gasteiger partial charge on any atom is -0.322 e. The molecule has 0 spiro atoms. The largest absolute Gasteiger partial charge is 0.416 e. The van der Waals surface area contributed by atoms with Gasteiger partial charge in [0.2, 0.25) is 0 Å². The molecule has 0 bridgehead atoms.